The Hall–Kier alpha value is -2.37. The number of rotatable bonds is 4. The van der Waals surface area contributed by atoms with E-state index in [0.29, 0.717) is 12.4 Å². The van der Waals surface area contributed by atoms with E-state index in [1.165, 1.54) is 6.20 Å². The molecular weight excluding hydrogens is 234 g/mol. The molecule has 0 aliphatic heterocycles. The lowest BCUT2D eigenvalue weighted by Crippen LogP contribution is -2.02. The molecular formula is C12H13N3O3. The van der Waals surface area contributed by atoms with E-state index in [4.69, 9.17) is 9.15 Å². The molecule has 2 heterocycles. The number of nitrogens with one attached hydrogen (secondary N) is 1. The number of hydrogen-bond donors (Lipinski definition) is 1. The van der Waals surface area contributed by atoms with E-state index in [1.807, 2.05) is 19.1 Å². The van der Waals surface area contributed by atoms with Crippen LogP contribution in [0.15, 0.2) is 28.8 Å². The number of carbonyl (C=O) groups excluding carboxylic acids is 1. The van der Waals surface area contributed by atoms with E-state index in [2.05, 4.69) is 15.3 Å². The summed E-state index contributed by atoms with van der Waals surface area (Å²) in [6.07, 6.45) is 1.32. The molecule has 1 N–H and O–H groups in total. The molecule has 0 atom stereocenters. The van der Waals surface area contributed by atoms with Crippen LogP contribution in [0.4, 0.5) is 11.8 Å². The molecule has 2 aromatic heterocycles. The van der Waals surface area contributed by atoms with Crippen LogP contribution in [0.1, 0.15) is 23.2 Å². The van der Waals surface area contributed by atoms with E-state index in [-0.39, 0.29) is 11.8 Å². The van der Waals surface area contributed by atoms with Crippen molar-refractivity contribution in [2.24, 2.45) is 0 Å². The van der Waals surface area contributed by atoms with Crippen LogP contribution in [0.25, 0.3) is 0 Å². The average molecular weight is 247 g/mol. The van der Waals surface area contributed by atoms with Crippen LogP contribution in [0.3, 0.4) is 0 Å². The van der Waals surface area contributed by atoms with Crippen molar-refractivity contribution in [1.82, 2.24) is 9.97 Å². The van der Waals surface area contributed by atoms with Crippen LogP contribution in [-0.4, -0.2) is 22.5 Å². The van der Waals surface area contributed by atoms with Gasteiger partial charge < -0.3 is 9.15 Å². The second-order valence-electron chi connectivity index (χ2n) is 3.54. The van der Waals surface area contributed by atoms with E-state index >= 15 is 0 Å². The maximum atomic E-state index is 11.4. The van der Waals surface area contributed by atoms with E-state index in [1.54, 1.807) is 13.0 Å². The molecule has 0 aliphatic carbocycles. The van der Waals surface area contributed by atoms with Gasteiger partial charge in [-0.25, -0.2) is 14.8 Å². The minimum Gasteiger partial charge on any atom is -0.460 e. The molecule has 0 aromatic carbocycles. The molecule has 0 saturated carbocycles. The number of ether oxygens (including phenoxy) is 1. The summed E-state index contributed by atoms with van der Waals surface area (Å²) in [7, 11) is 0. The molecule has 18 heavy (non-hydrogen) atoms. The van der Waals surface area contributed by atoms with E-state index < -0.39 is 5.97 Å². The molecule has 0 amide bonds. The van der Waals surface area contributed by atoms with Gasteiger partial charge in [0.1, 0.15) is 5.82 Å². The van der Waals surface area contributed by atoms with Crippen molar-refractivity contribution >= 4 is 17.8 Å². The fourth-order valence-corrected chi connectivity index (χ4v) is 1.35. The molecule has 6 nitrogen and oxygen atoms in total. The Balaban J connectivity index is 2.09. The predicted octanol–water partition coefficient (Wildman–Crippen LogP) is 2.30. The summed E-state index contributed by atoms with van der Waals surface area (Å²) in [6, 6.07) is 5.72. The zero-order valence-electron chi connectivity index (χ0n) is 10.1. The quantitative estimate of drug-likeness (QED) is 0.835. The van der Waals surface area contributed by atoms with Gasteiger partial charge >= 0.3 is 12.0 Å². The molecule has 2 aromatic rings. The maximum Gasteiger partial charge on any atom is 0.376 e. The Labute approximate surface area is 104 Å². The fraction of sp³-hybridized carbons (Fsp3) is 0.250. The third kappa shape index (κ3) is 2.85. The molecule has 0 radical (unpaired) electrons. The largest absolute Gasteiger partial charge is 0.460 e. The number of nitrogens with zero attached hydrogens (tertiary/aromatic N) is 2. The van der Waals surface area contributed by atoms with Crippen LogP contribution < -0.4 is 5.32 Å². The van der Waals surface area contributed by atoms with Gasteiger partial charge in [-0.05, 0) is 26.0 Å². The van der Waals surface area contributed by atoms with Gasteiger partial charge in [-0.1, -0.05) is 6.07 Å². The topological polar surface area (TPSA) is 77.2 Å². The van der Waals surface area contributed by atoms with Crippen molar-refractivity contribution in [3.63, 3.8) is 0 Å². The molecule has 0 aliphatic rings. The molecule has 6 heteroatoms. The average Bonchev–Trinajstić information content (AvgIpc) is 2.78. The first kappa shape index (κ1) is 12.1. The first-order chi connectivity index (χ1) is 8.69. The van der Waals surface area contributed by atoms with Crippen molar-refractivity contribution in [2.75, 3.05) is 11.9 Å². The van der Waals surface area contributed by atoms with Gasteiger partial charge in [0, 0.05) is 5.69 Å². The molecule has 0 saturated heterocycles. The molecule has 0 spiro atoms. The number of esters is 1. The highest BCUT2D eigenvalue weighted by molar-refractivity contribution is 5.86. The van der Waals surface area contributed by atoms with E-state index in [0.717, 1.165) is 5.69 Å². The minimum atomic E-state index is -0.532. The number of oxazole rings is 1. The first-order valence-corrected chi connectivity index (χ1v) is 5.52. The third-order valence-corrected chi connectivity index (χ3v) is 2.11. The minimum absolute atomic E-state index is 0.0620. The lowest BCUT2D eigenvalue weighted by molar-refractivity contribution is 0.0491. The summed E-state index contributed by atoms with van der Waals surface area (Å²) in [5.41, 5.74) is 0.872. The summed E-state index contributed by atoms with van der Waals surface area (Å²) in [4.78, 5) is 19.5. The van der Waals surface area contributed by atoms with Gasteiger partial charge in [0.2, 0.25) is 5.76 Å². The highest BCUT2D eigenvalue weighted by Gasteiger charge is 2.13. The van der Waals surface area contributed by atoms with Gasteiger partial charge in [-0.3, -0.25) is 5.32 Å². The Morgan fingerprint density at radius 2 is 2.33 bits per heavy atom. The monoisotopic (exact) mass is 247 g/mol. The van der Waals surface area contributed by atoms with Gasteiger partial charge in [-0.15, -0.1) is 0 Å². The summed E-state index contributed by atoms with van der Waals surface area (Å²) in [5.74, 6) is 0.134. The van der Waals surface area contributed by atoms with Crippen molar-refractivity contribution < 1.29 is 13.9 Å². The molecule has 0 bridgehead atoms. The number of aromatic nitrogens is 2. The predicted molar refractivity (Wildman–Crippen MR) is 64.7 cm³/mol. The number of carbonyl (C=O) groups is 1. The summed E-state index contributed by atoms with van der Waals surface area (Å²) in [6.45, 7) is 3.90. The third-order valence-electron chi connectivity index (χ3n) is 2.11. The number of pyridine rings is 1. The number of anilines is 2. The number of hydrogen-bond acceptors (Lipinski definition) is 6. The fourth-order valence-electron chi connectivity index (χ4n) is 1.35. The highest BCUT2D eigenvalue weighted by atomic mass is 16.5. The van der Waals surface area contributed by atoms with Crippen LogP contribution in [-0.2, 0) is 4.74 Å². The molecule has 94 valence electrons. The van der Waals surface area contributed by atoms with Crippen LogP contribution in [0, 0.1) is 6.92 Å². The normalized spacial score (nSPS) is 10.1. The Morgan fingerprint density at radius 1 is 1.50 bits per heavy atom. The van der Waals surface area contributed by atoms with Crippen molar-refractivity contribution in [1.29, 1.82) is 0 Å². The van der Waals surface area contributed by atoms with Crippen molar-refractivity contribution in [3.8, 4) is 0 Å². The zero-order chi connectivity index (χ0) is 13.0. The summed E-state index contributed by atoms with van der Waals surface area (Å²) < 4.78 is 10.00. The van der Waals surface area contributed by atoms with Crippen LogP contribution in [0.5, 0.6) is 0 Å². The molecule has 0 unspecified atom stereocenters. The Morgan fingerprint density at radius 3 is 3.06 bits per heavy atom. The van der Waals surface area contributed by atoms with Gasteiger partial charge in [0.15, 0.2) is 0 Å². The van der Waals surface area contributed by atoms with Crippen molar-refractivity contribution in [3.05, 3.63) is 35.9 Å². The molecule has 2 rings (SSSR count). The SMILES string of the molecule is CCOC(=O)c1cnc(Nc2cccc(C)n2)o1. The maximum absolute atomic E-state index is 11.4. The second kappa shape index (κ2) is 5.31. The Kier molecular flexibility index (Phi) is 3.57. The second-order valence-corrected chi connectivity index (χ2v) is 3.54. The Bertz CT molecular complexity index is 551. The van der Waals surface area contributed by atoms with Crippen molar-refractivity contribution in [2.45, 2.75) is 13.8 Å². The smallest absolute Gasteiger partial charge is 0.376 e. The zero-order valence-corrected chi connectivity index (χ0v) is 10.1. The number of aryl methyl sites for hydroxylation is 1. The first-order valence-electron chi connectivity index (χ1n) is 5.52. The summed E-state index contributed by atoms with van der Waals surface area (Å²) >= 11 is 0. The van der Waals surface area contributed by atoms with Gasteiger partial charge in [0.25, 0.3) is 0 Å². The standard InChI is InChI=1S/C12H13N3O3/c1-3-17-11(16)9-7-13-12(18-9)15-10-6-4-5-8(2)14-10/h4-7H,3H2,1-2H3,(H,13,14,15). The lowest BCUT2D eigenvalue weighted by Gasteiger charge is -2.01. The van der Waals surface area contributed by atoms with Gasteiger partial charge in [0.05, 0.1) is 12.8 Å². The van der Waals surface area contributed by atoms with Gasteiger partial charge in [-0.2, -0.15) is 0 Å². The molecule has 0 fully saturated rings. The van der Waals surface area contributed by atoms with E-state index in [9.17, 15) is 4.79 Å². The summed E-state index contributed by atoms with van der Waals surface area (Å²) in [5, 5.41) is 2.87. The highest BCUT2D eigenvalue weighted by Crippen LogP contribution is 2.15. The van der Waals surface area contributed by atoms with Crippen LogP contribution >= 0.6 is 0 Å². The lowest BCUT2D eigenvalue weighted by atomic mass is 10.4. The van der Waals surface area contributed by atoms with Crippen LogP contribution in [0.2, 0.25) is 0 Å².